The van der Waals surface area contributed by atoms with Crippen molar-refractivity contribution in [3.63, 3.8) is 0 Å². The number of fused-ring (bicyclic) bond motifs is 1. The maximum absolute atomic E-state index is 10.6. The Morgan fingerprint density at radius 2 is 2.07 bits per heavy atom. The van der Waals surface area contributed by atoms with E-state index in [0.29, 0.717) is 16.3 Å². The molecule has 0 aromatic heterocycles. The fraction of sp³-hybridized carbons (Fsp3) is 0.0833. The predicted octanol–water partition coefficient (Wildman–Crippen LogP) is 3.31. The van der Waals surface area contributed by atoms with Gasteiger partial charge < -0.3 is 4.74 Å². The summed E-state index contributed by atoms with van der Waals surface area (Å²) in [6.45, 7) is 0. The predicted molar refractivity (Wildman–Crippen MR) is 60.9 cm³/mol. The molecular formula is C12H9ClO2. The number of hydrogen-bond donors (Lipinski definition) is 0. The third kappa shape index (κ3) is 1.81. The standard InChI is InChI=1S/C12H9ClO2/c1-15-10-5-9-3-2-8(7-14)4-11(9)12(13)6-10/h2-7H,1H3. The fourth-order valence-electron chi connectivity index (χ4n) is 1.50. The van der Waals surface area contributed by atoms with Crippen LogP contribution in [0.3, 0.4) is 0 Å². The minimum Gasteiger partial charge on any atom is -0.497 e. The Morgan fingerprint density at radius 1 is 1.27 bits per heavy atom. The van der Waals surface area contributed by atoms with Gasteiger partial charge in [-0.05, 0) is 23.6 Å². The summed E-state index contributed by atoms with van der Waals surface area (Å²) in [4.78, 5) is 10.6. The number of hydrogen-bond acceptors (Lipinski definition) is 2. The van der Waals surface area contributed by atoms with Gasteiger partial charge in [-0.3, -0.25) is 4.79 Å². The summed E-state index contributed by atoms with van der Waals surface area (Å²) in [6, 6.07) is 9.00. The Labute approximate surface area is 92.4 Å². The molecule has 0 N–H and O–H groups in total. The van der Waals surface area contributed by atoms with Crippen LogP contribution in [0.4, 0.5) is 0 Å². The van der Waals surface area contributed by atoms with E-state index < -0.39 is 0 Å². The Balaban J connectivity index is 2.73. The zero-order valence-electron chi connectivity index (χ0n) is 8.16. The Bertz CT molecular complexity index is 520. The Kier molecular flexibility index (Phi) is 2.60. The van der Waals surface area contributed by atoms with Crippen LogP contribution in [-0.2, 0) is 0 Å². The number of carbonyl (C=O) groups is 1. The quantitative estimate of drug-likeness (QED) is 0.726. The number of halogens is 1. The van der Waals surface area contributed by atoms with Gasteiger partial charge in [0.1, 0.15) is 12.0 Å². The van der Waals surface area contributed by atoms with Crippen LogP contribution in [0, 0.1) is 0 Å². The lowest BCUT2D eigenvalue weighted by Gasteiger charge is -2.05. The molecule has 0 unspecified atom stereocenters. The lowest BCUT2D eigenvalue weighted by Crippen LogP contribution is -1.85. The highest BCUT2D eigenvalue weighted by Gasteiger charge is 2.03. The Hall–Kier alpha value is -1.54. The molecule has 0 aliphatic heterocycles. The van der Waals surface area contributed by atoms with Crippen molar-refractivity contribution in [2.24, 2.45) is 0 Å². The van der Waals surface area contributed by atoms with E-state index in [4.69, 9.17) is 16.3 Å². The fourth-order valence-corrected chi connectivity index (χ4v) is 1.77. The highest BCUT2D eigenvalue weighted by Crippen LogP contribution is 2.29. The van der Waals surface area contributed by atoms with Crippen molar-refractivity contribution in [1.29, 1.82) is 0 Å². The summed E-state index contributed by atoms with van der Waals surface area (Å²) in [5.74, 6) is 0.714. The summed E-state index contributed by atoms with van der Waals surface area (Å²) < 4.78 is 5.11. The molecule has 0 fully saturated rings. The molecule has 76 valence electrons. The number of rotatable bonds is 2. The summed E-state index contributed by atoms with van der Waals surface area (Å²) >= 11 is 6.07. The minimum atomic E-state index is 0.591. The van der Waals surface area contributed by atoms with E-state index in [9.17, 15) is 4.79 Å². The zero-order chi connectivity index (χ0) is 10.8. The van der Waals surface area contributed by atoms with Crippen LogP contribution in [0.15, 0.2) is 30.3 Å². The first kappa shape index (κ1) is 9.99. The molecule has 2 rings (SSSR count). The molecule has 0 bridgehead atoms. The van der Waals surface area contributed by atoms with Crippen LogP contribution >= 0.6 is 11.6 Å². The third-order valence-corrected chi connectivity index (χ3v) is 2.59. The summed E-state index contributed by atoms with van der Waals surface area (Å²) in [5, 5.41) is 2.42. The van der Waals surface area contributed by atoms with Gasteiger partial charge in [0.25, 0.3) is 0 Å². The molecule has 0 saturated heterocycles. The molecule has 3 heteroatoms. The van der Waals surface area contributed by atoms with Gasteiger partial charge in [-0.15, -0.1) is 0 Å². The van der Waals surface area contributed by atoms with Crippen LogP contribution < -0.4 is 4.74 Å². The smallest absolute Gasteiger partial charge is 0.150 e. The number of methoxy groups -OCH3 is 1. The highest BCUT2D eigenvalue weighted by molar-refractivity contribution is 6.35. The van der Waals surface area contributed by atoms with E-state index in [1.807, 2.05) is 12.1 Å². The first-order valence-corrected chi connectivity index (χ1v) is 4.85. The van der Waals surface area contributed by atoms with E-state index in [-0.39, 0.29) is 0 Å². The first-order valence-electron chi connectivity index (χ1n) is 4.47. The monoisotopic (exact) mass is 220 g/mol. The minimum absolute atomic E-state index is 0.591. The van der Waals surface area contributed by atoms with E-state index in [1.165, 1.54) is 0 Å². The van der Waals surface area contributed by atoms with Crippen molar-refractivity contribution in [1.82, 2.24) is 0 Å². The molecule has 0 heterocycles. The van der Waals surface area contributed by atoms with Crippen LogP contribution in [0.25, 0.3) is 10.8 Å². The van der Waals surface area contributed by atoms with Crippen LogP contribution in [-0.4, -0.2) is 13.4 Å². The second-order valence-electron chi connectivity index (χ2n) is 3.21. The molecule has 0 saturated carbocycles. The molecule has 2 aromatic rings. The highest BCUT2D eigenvalue weighted by atomic mass is 35.5. The van der Waals surface area contributed by atoms with Crippen molar-refractivity contribution >= 4 is 28.7 Å². The van der Waals surface area contributed by atoms with E-state index >= 15 is 0 Å². The SMILES string of the molecule is COc1cc(Cl)c2cc(C=O)ccc2c1. The van der Waals surface area contributed by atoms with Crippen molar-refractivity contribution in [3.8, 4) is 5.75 Å². The molecule has 0 radical (unpaired) electrons. The van der Waals surface area contributed by atoms with Gasteiger partial charge in [0.05, 0.1) is 12.1 Å². The van der Waals surface area contributed by atoms with E-state index in [0.717, 1.165) is 17.1 Å². The van der Waals surface area contributed by atoms with Gasteiger partial charge >= 0.3 is 0 Å². The lowest BCUT2D eigenvalue weighted by atomic mass is 10.1. The molecule has 2 nitrogen and oxygen atoms in total. The third-order valence-electron chi connectivity index (χ3n) is 2.27. The Morgan fingerprint density at radius 3 is 2.73 bits per heavy atom. The van der Waals surface area contributed by atoms with Crippen molar-refractivity contribution < 1.29 is 9.53 Å². The summed E-state index contributed by atoms with van der Waals surface area (Å²) in [6.07, 6.45) is 0.806. The summed E-state index contributed by atoms with van der Waals surface area (Å²) in [5.41, 5.74) is 0.620. The van der Waals surface area contributed by atoms with Gasteiger partial charge in [0.15, 0.2) is 0 Å². The molecule has 0 aliphatic carbocycles. The summed E-state index contributed by atoms with van der Waals surface area (Å²) in [7, 11) is 1.59. The molecule has 0 spiro atoms. The lowest BCUT2D eigenvalue weighted by molar-refractivity contribution is 0.112. The molecular weight excluding hydrogens is 212 g/mol. The van der Waals surface area contributed by atoms with Gasteiger partial charge in [-0.2, -0.15) is 0 Å². The van der Waals surface area contributed by atoms with Gasteiger partial charge in [-0.1, -0.05) is 23.7 Å². The van der Waals surface area contributed by atoms with Gasteiger partial charge in [0.2, 0.25) is 0 Å². The maximum Gasteiger partial charge on any atom is 0.150 e. The maximum atomic E-state index is 10.6. The average Bonchev–Trinajstić information content (AvgIpc) is 2.28. The van der Waals surface area contributed by atoms with E-state index in [1.54, 1.807) is 25.3 Å². The average molecular weight is 221 g/mol. The number of aldehydes is 1. The van der Waals surface area contributed by atoms with Crippen molar-refractivity contribution in [3.05, 3.63) is 40.9 Å². The van der Waals surface area contributed by atoms with Crippen LogP contribution in [0.5, 0.6) is 5.75 Å². The topological polar surface area (TPSA) is 26.3 Å². The second-order valence-corrected chi connectivity index (χ2v) is 3.61. The number of benzene rings is 2. The largest absolute Gasteiger partial charge is 0.497 e. The van der Waals surface area contributed by atoms with Crippen LogP contribution in [0.2, 0.25) is 5.02 Å². The van der Waals surface area contributed by atoms with Crippen molar-refractivity contribution in [2.45, 2.75) is 0 Å². The molecule has 0 atom stereocenters. The van der Waals surface area contributed by atoms with E-state index in [2.05, 4.69) is 0 Å². The zero-order valence-corrected chi connectivity index (χ0v) is 8.91. The normalized spacial score (nSPS) is 10.3. The molecule has 0 aliphatic rings. The van der Waals surface area contributed by atoms with Crippen LogP contribution in [0.1, 0.15) is 10.4 Å². The van der Waals surface area contributed by atoms with Crippen molar-refractivity contribution in [2.75, 3.05) is 7.11 Å². The molecule has 0 amide bonds. The first-order chi connectivity index (χ1) is 7.24. The molecule has 2 aromatic carbocycles. The van der Waals surface area contributed by atoms with Gasteiger partial charge in [-0.25, -0.2) is 0 Å². The number of carbonyl (C=O) groups excluding carboxylic acids is 1. The van der Waals surface area contributed by atoms with Gasteiger partial charge in [0, 0.05) is 10.9 Å². The second kappa shape index (κ2) is 3.91. The number of ether oxygens (including phenoxy) is 1. The molecule has 15 heavy (non-hydrogen) atoms.